The van der Waals surface area contributed by atoms with E-state index in [4.69, 9.17) is 16.3 Å². The highest BCUT2D eigenvalue weighted by atomic mass is 35.5. The third-order valence-electron chi connectivity index (χ3n) is 4.88. The average molecular weight is 380 g/mol. The summed E-state index contributed by atoms with van der Waals surface area (Å²) in [7, 11) is 0. The van der Waals surface area contributed by atoms with Gasteiger partial charge in [-0.1, -0.05) is 23.7 Å². The van der Waals surface area contributed by atoms with Gasteiger partial charge in [0.1, 0.15) is 6.10 Å². The van der Waals surface area contributed by atoms with Gasteiger partial charge in [-0.2, -0.15) is 0 Å². The summed E-state index contributed by atoms with van der Waals surface area (Å²) in [6, 6.07) is 7.67. The predicted octanol–water partition coefficient (Wildman–Crippen LogP) is 1.32. The van der Waals surface area contributed by atoms with Crippen molar-refractivity contribution in [3.8, 4) is 0 Å². The summed E-state index contributed by atoms with van der Waals surface area (Å²) in [6.07, 6.45) is 2.30. The third kappa shape index (κ3) is 5.43. The maximum absolute atomic E-state index is 12.3. The quantitative estimate of drug-likeness (QED) is 0.809. The number of nitrogens with one attached hydrogen (secondary N) is 1. The zero-order valence-electron chi connectivity index (χ0n) is 15.0. The molecule has 0 bridgehead atoms. The number of halogens is 1. The normalized spacial score (nSPS) is 21.0. The molecule has 1 aromatic carbocycles. The number of piperazine rings is 1. The van der Waals surface area contributed by atoms with E-state index in [1.54, 1.807) is 0 Å². The maximum atomic E-state index is 12.3. The summed E-state index contributed by atoms with van der Waals surface area (Å²) >= 11 is 5.96. The minimum Gasteiger partial charge on any atom is -0.368 e. The van der Waals surface area contributed by atoms with Crippen molar-refractivity contribution >= 4 is 23.4 Å². The van der Waals surface area contributed by atoms with Crippen LogP contribution in [0.1, 0.15) is 18.4 Å². The lowest BCUT2D eigenvalue weighted by molar-refractivity contribution is -0.142. The van der Waals surface area contributed by atoms with E-state index in [-0.39, 0.29) is 17.9 Å². The molecule has 2 saturated heterocycles. The molecule has 2 heterocycles. The highest BCUT2D eigenvalue weighted by molar-refractivity contribution is 6.30. The van der Waals surface area contributed by atoms with E-state index in [0.29, 0.717) is 37.8 Å². The monoisotopic (exact) mass is 379 g/mol. The van der Waals surface area contributed by atoms with Crippen LogP contribution < -0.4 is 5.32 Å². The molecule has 2 fully saturated rings. The molecule has 6 nitrogen and oxygen atoms in total. The second-order valence-corrected chi connectivity index (χ2v) is 7.27. The lowest BCUT2D eigenvalue weighted by Crippen LogP contribution is -2.53. The molecule has 0 saturated carbocycles. The Morgan fingerprint density at radius 1 is 1.23 bits per heavy atom. The van der Waals surface area contributed by atoms with Gasteiger partial charge in [-0.3, -0.25) is 14.5 Å². The van der Waals surface area contributed by atoms with Gasteiger partial charge in [0.2, 0.25) is 5.91 Å². The second-order valence-electron chi connectivity index (χ2n) is 6.83. The van der Waals surface area contributed by atoms with Crippen LogP contribution in [0.5, 0.6) is 0 Å². The lowest BCUT2D eigenvalue weighted by Gasteiger charge is -2.35. The van der Waals surface area contributed by atoms with Crippen molar-refractivity contribution in [3.63, 3.8) is 0 Å². The number of benzene rings is 1. The van der Waals surface area contributed by atoms with Gasteiger partial charge >= 0.3 is 0 Å². The van der Waals surface area contributed by atoms with Gasteiger partial charge in [0.05, 0.1) is 6.54 Å². The van der Waals surface area contributed by atoms with Crippen LogP contribution in [0.3, 0.4) is 0 Å². The van der Waals surface area contributed by atoms with Crippen molar-refractivity contribution in [2.45, 2.75) is 25.4 Å². The first-order valence-electron chi connectivity index (χ1n) is 9.26. The van der Waals surface area contributed by atoms with Crippen LogP contribution >= 0.6 is 11.6 Å². The number of nitrogens with zero attached hydrogens (tertiary/aromatic N) is 2. The molecule has 0 aromatic heterocycles. The van der Waals surface area contributed by atoms with Crippen molar-refractivity contribution < 1.29 is 14.3 Å². The Morgan fingerprint density at radius 2 is 2.04 bits per heavy atom. The van der Waals surface area contributed by atoms with Gasteiger partial charge in [0, 0.05) is 44.4 Å². The molecule has 0 unspecified atom stereocenters. The Balaban J connectivity index is 1.33. The van der Waals surface area contributed by atoms with E-state index in [1.807, 2.05) is 29.2 Å². The van der Waals surface area contributed by atoms with Crippen molar-refractivity contribution in [1.29, 1.82) is 0 Å². The highest BCUT2D eigenvalue weighted by Crippen LogP contribution is 2.16. The van der Waals surface area contributed by atoms with Crippen LogP contribution in [0, 0.1) is 0 Å². The number of rotatable bonds is 6. The van der Waals surface area contributed by atoms with Gasteiger partial charge in [-0.05, 0) is 37.0 Å². The van der Waals surface area contributed by atoms with Crippen LogP contribution in [0.15, 0.2) is 24.3 Å². The van der Waals surface area contributed by atoms with E-state index in [1.165, 1.54) is 0 Å². The Hall–Kier alpha value is -1.63. The summed E-state index contributed by atoms with van der Waals surface area (Å²) in [6.45, 7) is 4.42. The van der Waals surface area contributed by atoms with E-state index < -0.39 is 0 Å². The molecule has 2 aliphatic heterocycles. The molecule has 2 aliphatic rings. The number of carbonyl (C=O) groups excluding carboxylic acids is 2. The number of ether oxygens (including phenoxy) is 1. The predicted molar refractivity (Wildman–Crippen MR) is 100 cm³/mol. The smallest absolute Gasteiger partial charge is 0.251 e. The number of hydrogen-bond acceptors (Lipinski definition) is 4. The lowest BCUT2D eigenvalue weighted by atomic mass is 10.1. The summed E-state index contributed by atoms with van der Waals surface area (Å²) < 4.78 is 5.47. The SMILES string of the molecule is O=C(CN1CCN(C(=O)[C@H]2CCCO2)CC1)NCCc1cccc(Cl)c1. The van der Waals surface area contributed by atoms with Crippen LogP contribution in [0.25, 0.3) is 0 Å². The van der Waals surface area contributed by atoms with E-state index >= 15 is 0 Å². The van der Waals surface area contributed by atoms with Crippen LogP contribution in [-0.2, 0) is 20.7 Å². The topological polar surface area (TPSA) is 61.9 Å². The Kier molecular flexibility index (Phi) is 6.88. The molecule has 26 heavy (non-hydrogen) atoms. The molecule has 1 aromatic rings. The average Bonchev–Trinajstić information content (AvgIpc) is 3.16. The van der Waals surface area contributed by atoms with Crippen LogP contribution in [0.2, 0.25) is 5.02 Å². The zero-order chi connectivity index (χ0) is 18.4. The summed E-state index contributed by atoms with van der Waals surface area (Å²) in [5.74, 6) is 0.124. The van der Waals surface area contributed by atoms with Crippen LogP contribution in [0.4, 0.5) is 0 Å². The second kappa shape index (κ2) is 9.35. The van der Waals surface area contributed by atoms with E-state index in [9.17, 15) is 9.59 Å². The minimum atomic E-state index is -0.253. The Bertz CT molecular complexity index is 626. The Morgan fingerprint density at radius 3 is 2.73 bits per heavy atom. The first-order chi connectivity index (χ1) is 12.6. The van der Waals surface area contributed by atoms with E-state index in [2.05, 4.69) is 10.2 Å². The van der Waals surface area contributed by atoms with Crippen molar-refractivity contribution in [2.75, 3.05) is 45.9 Å². The Labute approximate surface area is 159 Å². The molecule has 7 heteroatoms. The fourth-order valence-electron chi connectivity index (χ4n) is 3.40. The third-order valence-corrected chi connectivity index (χ3v) is 5.12. The number of carbonyl (C=O) groups is 2. The van der Waals surface area contributed by atoms with Crippen molar-refractivity contribution in [3.05, 3.63) is 34.9 Å². The van der Waals surface area contributed by atoms with Crippen molar-refractivity contribution in [2.24, 2.45) is 0 Å². The summed E-state index contributed by atoms with van der Waals surface area (Å²) in [4.78, 5) is 28.4. The molecule has 1 N–H and O–H groups in total. The number of amides is 2. The summed E-state index contributed by atoms with van der Waals surface area (Å²) in [5.41, 5.74) is 1.11. The molecule has 142 valence electrons. The van der Waals surface area contributed by atoms with Crippen LogP contribution in [-0.4, -0.2) is 73.6 Å². The number of hydrogen-bond donors (Lipinski definition) is 1. The molecule has 3 rings (SSSR count). The standard InChI is InChI=1S/C19H26ClN3O3/c20-16-4-1-3-15(13-16)6-7-21-18(24)14-22-8-10-23(11-9-22)19(25)17-5-2-12-26-17/h1,3-4,13,17H,2,5-12,14H2,(H,21,24)/t17-/m1/s1. The molecule has 0 aliphatic carbocycles. The molecule has 1 atom stereocenters. The van der Waals surface area contributed by atoms with Gasteiger partial charge in [0.15, 0.2) is 0 Å². The fourth-order valence-corrected chi connectivity index (χ4v) is 3.61. The van der Waals surface area contributed by atoms with Gasteiger partial charge in [0.25, 0.3) is 5.91 Å². The minimum absolute atomic E-state index is 0.0194. The molecule has 0 radical (unpaired) electrons. The van der Waals surface area contributed by atoms with Gasteiger partial charge in [-0.15, -0.1) is 0 Å². The maximum Gasteiger partial charge on any atom is 0.251 e. The molecular weight excluding hydrogens is 354 g/mol. The molecule has 2 amide bonds. The molecule has 0 spiro atoms. The van der Waals surface area contributed by atoms with Gasteiger partial charge < -0.3 is 15.0 Å². The largest absolute Gasteiger partial charge is 0.368 e. The fraction of sp³-hybridized carbons (Fsp3) is 0.579. The first-order valence-corrected chi connectivity index (χ1v) is 9.63. The first kappa shape index (κ1) is 19.1. The van der Waals surface area contributed by atoms with Gasteiger partial charge in [-0.25, -0.2) is 0 Å². The van der Waals surface area contributed by atoms with E-state index in [0.717, 1.165) is 37.9 Å². The summed E-state index contributed by atoms with van der Waals surface area (Å²) in [5, 5.41) is 3.66. The zero-order valence-corrected chi connectivity index (χ0v) is 15.7. The van der Waals surface area contributed by atoms with Crippen molar-refractivity contribution in [1.82, 2.24) is 15.1 Å². The molecular formula is C19H26ClN3O3. The highest BCUT2D eigenvalue weighted by Gasteiger charge is 2.30.